The Balaban J connectivity index is 2.48. The minimum absolute atomic E-state index is 0.407. The lowest BCUT2D eigenvalue weighted by Gasteiger charge is -2.13. The number of aromatic nitrogens is 2. The summed E-state index contributed by atoms with van der Waals surface area (Å²) in [5.74, 6) is -0.0340. The van der Waals surface area contributed by atoms with Crippen LogP contribution in [0.4, 0.5) is 0 Å². The van der Waals surface area contributed by atoms with Gasteiger partial charge in [-0.3, -0.25) is 9.48 Å². The highest BCUT2D eigenvalue weighted by Gasteiger charge is 2.19. The maximum Gasteiger partial charge on any atom is 0.269 e. The third-order valence-corrected chi connectivity index (χ3v) is 4.11. The number of carbonyl (C=O) groups is 1. The average Bonchev–Trinajstić information content (AvgIpc) is 2.86. The summed E-state index contributed by atoms with van der Waals surface area (Å²) in [4.78, 5) is 11.7. The van der Waals surface area contributed by atoms with Crippen molar-refractivity contribution in [2.24, 2.45) is 5.73 Å². The molecule has 4 nitrogen and oxygen atoms in total. The smallest absolute Gasteiger partial charge is 0.269 e. The van der Waals surface area contributed by atoms with Crippen LogP contribution in [0.5, 0.6) is 0 Å². The van der Waals surface area contributed by atoms with Crippen molar-refractivity contribution in [3.63, 3.8) is 0 Å². The van der Waals surface area contributed by atoms with E-state index in [-0.39, 0.29) is 0 Å². The van der Waals surface area contributed by atoms with Crippen molar-refractivity contribution >= 4 is 16.8 Å². The molecule has 1 aromatic heterocycles. The number of unbranched alkanes of at least 4 members (excludes halogenated alkanes) is 2. The van der Waals surface area contributed by atoms with Gasteiger partial charge in [-0.1, -0.05) is 45.2 Å². The van der Waals surface area contributed by atoms with Gasteiger partial charge in [-0.2, -0.15) is 5.10 Å². The molecule has 1 heterocycles. The van der Waals surface area contributed by atoms with Gasteiger partial charge in [-0.25, -0.2) is 0 Å². The Bertz CT molecular complexity index is 630. The number of nitrogens with two attached hydrogens (primary N) is 1. The lowest BCUT2D eigenvalue weighted by molar-refractivity contribution is 0.0996. The predicted octanol–water partition coefficient (Wildman–Crippen LogP) is 3.84. The summed E-state index contributed by atoms with van der Waals surface area (Å²) < 4.78 is 1.86. The van der Waals surface area contributed by atoms with E-state index in [9.17, 15) is 4.79 Å². The van der Waals surface area contributed by atoms with Crippen molar-refractivity contribution in [1.82, 2.24) is 9.78 Å². The van der Waals surface area contributed by atoms with Gasteiger partial charge in [0.25, 0.3) is 5.91 Å². The van der Waals surface area contributed by atoms with E-state index in [0.717, 1.165) is 23.9 Å². The maximum absolute atomic E-state index is 11.7. The van der Waals surface area contributed by atoms with Gasteiger partial charge < -0.3 is 5.73 Å². The molecule has 2 N–H and O–H groups in total. The molecule has 0 radical (unpaired) electrons. The van der Waals surface area contributed by atoms with Crippen molar-refractivity contribution in [2.75, 3.05) is 0 Å². The maximum atomic E-state index is 11.7. The minimum Gasteiger partial charge on any atom is -0.364 e. The Hall–Kier alpha value is -1.84. The van der Waals surface area contributed by atoms with Crippen LogP contribution in [0.3, 0.4) is 0 Å². The van der Waals surface area contributed by atoms with E-state index in [4.69, 9.17) is 5.73 Å². The number of fused-ring (bicyclic) bond motifs is 1. The third kappa shape index (κ3) is 3.09. The van der Waals surface area contributed by atoms with E-state index >= 15 is 0 Å². The second kappa shape index (κ2) is 6.74. The molecular weight excluding hydrogens is 262 g/mol. The molecule has 1 unspecified atom stereocenters. The number of primary amides is 1. The second-order valence-corrected chi connectivity index (χ2v) is 5.67. The van der Waals surface area contributed by atoms with Gasteiger partial charge in [0, 0.05) is 11.9 Å². The van der Waals surface area contributed by atoms with Gasteiger partial charge in [-0.15, -0.1) is 0 Å². The van der Waals surface area contributed by atoms with Crippen molar-refractivity contribution < 1.29 is 4.79 Å². The first-order valence-corrected chi connectivity index (χ1v) is 7.89. The molecule has 1 amide bonds. The summed E-state index contributed by atoms with van der Waals surface area (Å²) in [6, 6.07) is 6.17. The fraction of sp³-hybridized carbons (Fsp3) is 0.529. The molecule has 1 aromatic carbocycles. The van der Waals surface area contributed by atoms with E-state index in [1.54, 1.807) is 0 Å². The minimum atomic E-state index is -0.444. The lowest BCUT2D eigenvalue weighted by Crippen LogP contribution is -2.13. The molecular formula is C17H25N3O. The van der Waals surface area contributed by atoms with E-state index in [1.165, 1.54) is 24.8 Å². The Morgan fingerprint density at radius 1 is 1.33 bits per heavy atom. The summed E-state index contributed by atoms with van der Waals surface area (Å²) in [5, 5.41) is 5.33. The van der Waals surface area contributed by atoms with Gasteiger partial charge in [0.1, 0.15) is 0 Å². The quantitative estimate of drug-likeness (QED) is 0.786. The molecule has 0 aliphatic heterocycles. The van der Waals surface area contributed by atoms with Crippen molar-refractivity contribution in [3.05, 3.63) is 29.5 Å². The van der Waals surface area contributed by atoms with Crippen LogP contribution in [0.25, 0.3) is 10.9 Å². The van der Waals surface area contributed by atoms with Gasteiger partial charge >= 0.3 is 0 Å². The van der Waals surface area contributed by atoms with Crippen LogP contribution in [0.2, 0.25) is 0 Å². The summed E-state index contributed by atoms with van der Waals surface area (Å²) in [6.07, 6.45) is 4.80. The highest BCUT2D eigenvalue weighted by atomic mass is 16.1. The van der Waals surface area contributed by atoms with E-state index in [0.29, 0.717) is 11.6 Å². The van der Waals surface area contributed by atoms with Crippen LogP contribution in [0.15, 0.2) is 18.2 Å². The van der Waals surface area contributed by atoms with Crippen LogP contribution in [-0.2, 0) is 6.54 Å². The van der Waals surface area contributed by atoms with E-state index in [2.05, 4.69) is 25.0 Å². The lowest BCUT2D eigenvalue weighted by atomic mass is 9.91. The van der Waals surface area contributed by atoms with E-state index < -0.39 is 5.91 Å². The van der Waals surface area contributed by atoms with Crippen molar-refractivity contribution in [2.45, 2.75) is 58.9 Å². The van der Waals surface area contributed by atoms with Crippen LogP contribution in [0.1, 0.15) is 68.4 Å². The number of nitrogens with zero attached hydrogens (tertiary/aromatic N) is 2. The molecule has 0 saturated heterocycles. The number of hydrogen-bond donors (Lipinski definition) is 1. The van der Waals surface area contributed by atoms with Gasteiger partial charge in [0.05, 0.1) is 5.52 Å². The summed E-state index contributed by atoms with van der Waals surface area (Å²) >= 11 is 0. The number of carbonyl (C=O) groups excluding carboxylic acids is 1. The van der Waals surface area contributed by atoms with Gasteiger partial charge in [0.2, 0.25) is 0 Å². The summed E-state index contributed by atoms with van der Waals surface area (Å²) in [6.45, 7) is 7.19. The number of rotatable bonds is 7. The molecule has 1 atom stereocenters. The molecule has 0 fully saturated rings. The fourth-order valence-corrected chi connectivity index (χ4v) is 2.94. The standard InChI is InChI=1S/C17H25N3O/c1-4-6-7-9-12(3)13-10-8-11-14-15(13)16(17(18)21)19-20(14)5-2/h8,10-12H,4-7,9H2,1-3H3,(H2,18,21). The molecule has 0 bridgehead atoms. The molecule has 0 spiro atoms. The summed E-state index contributed by atoms with van der Waals surface area (Å²) in [5.41, 5.74) is 8.13. The highest BCUT2D eigenvalue weighted by molar-refractivity contribution is 6.05. The van der Waals surface area contributed by atoms with Crippen LogP contribution >= 0.6 is 0 Å². The zero-order valence-electron chi connectivity index (χ0n) is 13.2. The second-order valence-electron chi connectivity index (χ2n) is 5.67. The molecule has 2 rings (SSSR count). The molecule has 4 heteroatoms. The highest BCUT2D eigenvalue weighted by Crippen LogP contribution is 2.31. The average molecular weight is 287 g/mol. The Morgan fingerprint density at radius 2 is 2.10 bits per heavy atom. The Labute approximate surface area is 126 Å². The number of hydrogen-bond acceptors (Lipinski definition) is 2. The van der Waals surface area contributed by atoms with Crippen molar-refractivity contribution in [3.8, 4) is 0 Å². The summed E-state index contributed by atoms with van der Waals surface area (Å²) in [7, 11) is 0. The SMILES string of the molecule is CCCCCC(C)c1cccc2c1c(C(N)=O)nn2CC. The monoisotopic (exact) mass is 287 g/mol. The molecule has 21 heavy (non-hydrogen) atoms. The first-order valence-electron chi connectivity index (χ1n) is 7.89. The van der Waals surface area contributed by atoms with E-state index in [1.807, 2.05) is 23.7 Å². The Kier molecular flexibility index (Phi) is 4.99. The first kappa shape index (κ1) is 15.5. The zero-order chi connectivity index (χ0) is 15.4. The number of benzene rings is 1. The van der Waals surface area contributed by atoms with Gasteiger partial charge in [-0.05, 0) is 30.9 Å². The zero-order valence-corrected chi connectivity index (χ0v) is 13.2. The molecule has 0 aliphatic rings. The Morgan fingerprint density at radius 3 is 2.71 bits per heavy atom. The van der Waals surface area contributed by atoms with Gasteiger partial charge in [0.15, 0.2) is 5.69 Å². The predicted molar refractivity (Wildman–Crippen MR) is 86.5 cm³/mol. The fourth-order valence-electron chi connectivity index (χ4n) is 2.94. The third-order valence-electron chi connectivity index (χ3n) is 4.11. The van der Waals surface area contributed by atoms with Crippen LogP contribution in [0, 0.1) is 0 Å². The molecule has 2 aromatic rings. The first-order chi connectivity index (χ1) is 10.1. The largest absolute Gasteiger partial charge is 0.364 e. The molecule has 0 saturated carbocycles. The normalized spacial score (nSPS) is 12.7. The van der Waals surface area contributed by atoms with Crippen LogP contribution < -0.4 is 5.73 Å². The number of aryl methyl sites for hydroxylation is 1. The van der Waals surface area contributed by atoms with Crippen molar-refractivity contribution in [1.29, 1.82) is 0 Å². The van der Waals surface area contributed by atoms with Crippen LogP contribution in [-0.4, -0.2) is 15.7 Å². The molecule has 114 valence electrons. The topological polar surface area (TPSA) is 60.9 Å². The number of amides is 1. The molecule has 0 aliphatic carbocycles.